The Kier molecular flexibility index (Phi) is 3.27. The van der Waals surface area contributed by atoms with Crippen LogP contribution < -0.4 is 5.32 Å². The van der Waals surface area contributed by atoms with Gasteiger partial charge in [0.2, 0.25) is 0 Å². The molecule has 0 radical (unpaired) electrons. The molecule has 0 saturated carbocycles. The summed E-state index contributed by atoms with van der Waals surface area (Å²) in [5.74, 6) is -3.47. The number of ether oxygens (including phenoxy) is 1. The van der Waals surface area contributed by atoms with E-state index < -0.39 is 35.3 Å². The molecule has 1 heterocycles. The number of alkyl carbamates (subject to hydrolysis) is 1. The molecule has 1 aromatic carbocycles. The van der Waals surface area contributed by atoms with Crippen LogP contribution >= 0.6 is 11.6 Å². The first-order chi connectivity index (χ1) is 8.81. The van der Waals surface area contributed by atoms with E-state index in [0.29, 0.717) is 0 Å². The lowest BCUT2D eigenvalue weighted by molar-refractivity contribution is -0.386. The molecule has 0 aromatic heterocycles. The van der Waals surface area contributed by atoms with Gasteiger partial charge in [0.1, 0.15) is 6.04 Å². The molecule has 2 rings (SSSR count). The molecule has 1 amide bonds. The van der Waals surface area contributed by atoms with Crippen molar-refractivity contribution in [2.75, 3.05) is 6.61 Å². The van der Waals surface area contributed by atoms with Crippen molar-refractivity contribution in [3.8, 4) is 0 Å². The summed E-state index contributed by atoms with van der Waals surface area (Å²) in [5.41, 5.74) is -0.907. The first-order valence-corrected chi connectivity index (χ1v) is 5.44. The lowest BCUT2D eigenvalue weighted by atomic mass is 9.98. The molecular formula is C10H7ClF2N2O4. The minimum atomic E-state index is -3.47. The number of benzene rings is 1. The Morgan fingerprint density at radius 3 is 2.84 bits per heavy atom. The second kappa shape index (κ2) is 4.61. The van der Waals surface area contributed by atoms with Crippen LogP contribution in [-0.2, 0) is 4.74 Å². The molecule has 1 aliphatic rings. The molecule has 0 spiro atoms. The van der Waals surface area contributed by atoms with Gasteiger partial charge < -0.3 is 10.1 Å². The molecule has 19 heavy (non-hydrogen) atoms. The number of halogens is 3. The summed E-state index contributed by atoms with van der Waals surface area (Å²) in [6.07, 6.45) is -1.06. The van der Waals surface area contributed by atoms with Crippen LogP contribution in [-0.4, -0.2) is 23.5 Å². The van der Waals surface area contributed by atoms with Crippen molar-refractivity contribution >= 4 is 23.4 Å². The number of amides is 1. The number of carbonyl (C=O) groups is 1. The molecule has 1 fully saturated rings. The Labute approximate surface area is 110 Å². The van der Waals surface area contributed by atoms with Crippen molar-refractivity contribution in [1.82, 2.24) is 5.32 Å². The highest BCUT2D eigenvalue weighted by molar-refractivity contribution is 6.30. The van der Waals surface area contributed by atoms with Crippen LogP contribution in [0.15, 0.2) is 18.2 Å². The zero-order chi connectivity index (χ0) is 14.2. The highest BCUT2D eigenvalue weighted by Gasteiger charge is 2.49. The third kappa shape index (κ3) is 2.58. The monoisotopic (exact) mass is 292 g/mol. The molecule has 1 aromatic rings. The number of nitro groups is 1. The second-order valence-corrected chi connectivity index (χ2v) is 4.31. The maximum absolute atomic E-state index is 13.7. The number of alkyl halides is 2. The predicted octanol–water partition coefficient (Wildman–Crippen LogP) is 2.66. The quantitative estimate of drug-likeness (QED) is 0.671. The van der Waals surface area contributed by atoms with E-state index in [2.05, 4.69) is 4.74 Å². The number of hydrogen-bond acceptors (Lipinski definition) is 4. The van der Waals surface area contributed by atoms with E-state index in [0.717, 1.165) is 12.1 Å². The van der Waals surface area contributed by atoms with Gasteiger partial charge in [0.05, 0.1) is 10.5 Å². The fraction of sp³-hybridized carbons (Fsp3) is 0.300. The molecule has 0 bridgehead atoms. The third-order valence-electron chi connectivity index (χ3n) is 2.58. The van der Waals surface area contributed by atoms with E-state index in [1.807, 2.05) is 5.32 Å². The second-order valence-electron chi connectivity index (χ2n) is 3.87. The van der Waals surface area contributed by atoms with Crippen molar-refractivity contribution in [3.63, 3.8) is 0 Å². The summed E-state index contributed by atoms with van der Waals surface area (Å²) in [5, 5.41) is 12.8. The maximum Gasteiger partial charge on any atom is 0.408 e. The molecule has 1 atom stereocenters. The zero-order valence-corrected chi connectivity index (χ0v) is 9.99. The molecular weight excluding hydrogens is 286 g/mol. The van der Waals surface area contributed by atoms with Crippen LogP contribution in [0.4, 0.5) is 19.3 Å². The van der Waals surface area contributed by atoms with Gasteiger partial charge >= 0.3 is 12.0 Å². The average molecular weight is 293 g/mol. The number of nitro benzene ring substituents is 1. The smallest absolute Gasteiger partial charge is 0.408 e. The normalized spacial score (nSPS) is 21.4. The fourth-order valence-corrected chi connectivity index (χ4v) is 1.92. The molecule has 1 aliphatic heterocycles. The van der Waals surface area contributed by atoms with Gasteiger partial charge in [-0.25, -0.2) is 13.6 Å². The topological polar surface area (TPSA) is 81.5 Å². The van der Waals surface area contributed by atoms with Gasteiger partial charge in [-0.3, -0.25) is 10.1 Å². The van der Waals surface area contributed by atoms with Gasteiger partial charge in [-0.15, -0.1) is 0 Å². The van der Waals surface area contributed by atoms with Gasteiger partial charge in [0.25, 0.3) is 5.69 Å². The van der Waals surface area contributed by atoms with Gasteiger partial charge in [0.15, 0.2) is 6.61 Å². The van der Waals surface area contributed by atoms with Crippen molar-refractivity contribution < 1.29 is 23.2 Å². The number of cyclic esters (lactones) is 1. The van der Waals surface area contributed by atoms with E-state index in [1.54, 1.807) is 0 Å². The Bertz CT molecular complexity index is 552. The standard InChI is InChI=1S/C10H7ClF2N2O4/c11-5-1-2-7(15(17)18)6(3-5)8-10(12,13)4-19-9(16)14-8/h1-3,8H,4H2,(H,14,16)/t8-/m1/s1. The highest BCUT2D eigenvalue weighted by atomic mass is 35.5. The number of hydrogen-bond donors (Lipinski definition) is 1. The van der Waals surface area contributed by atoms with Crippen LogP contribution in [0, 0.1) is 10.1 Å². The summed E-state index contributed by atoms with van der Waals surface area (Å²) < 4.78 is 31.6. The Morgan fingerprint density at radius 1 is 1.53 bits per heavy atom. The van der Waals surface area contributed by atoms with Gasteiger partial charge in [-0.2, -0.15) is 0 Å². The Balaban J connectivity index is 2.52. The molecule has 0 unspecified atom stereocenters. The Morgan fingerprint density at radius 2 is 2.21 bits per heavy atom. The first-order valence-electron chi connectivity index (χ1n) is 5.06. The SMILES string of the molecule is O=C1N[C@H](c2cc(Cl)ccc2[N+](=O)[O-])C(F)(F)CO1. The van der Waals surface area contributed by atoms with E-state index in [-0.39, 0.29) is 10.6 Å². The molecule has 0 aliphatic carbocycles. The minimum Gasteiger partial charge on any atom is -0.443 e. The summed E-state index contributed by atoms with van der Waals surface area (Å²) in [6.45, 7) is -1.15. The van der Waals surface area contributed by atoms with E-state index in [4.69, 9.17) is 11.6 Å². The summed E-state index contributed by atoms with van der Waals surface area (Å²) in [7, 11) is 0. The summed E-state index contributed by atoms with van der Waals surface area (Å²) in [6, 6.07) is 1.40. The Hall–Kier alpha value is -1.96. The van der Waals surface area contributed by atoms with E-state index in [9.17, 15) is 23.7 Å². The third-order valence-corrected chi connectivity index (χ3v) is 2.81. The van der Waals surface area contributed by atoms with Crippen molar-refractivity contribution in [2.45, 2.75) is 12.0 Å². The average Bonchev–Trinajstić information content (AvgIpc) is 2.32. The van der Waals surface area contributed by atoms with Crippen LogP contribution in [0.25, 0.3) is 0 Å². The van der Waals surface area contributed by atoms with Crippen LogP contribution in [0.1, 0.15) is 11.6 Å². The number of carbonyl (C=O) groups excluding carboxylic acids is 1. The summed E-state index contributed by atoms with van der Waals surface area (Å²) >= 11 is 5.66. The van der Waals surface area contributed by atoms with Crippen LogP contribution in [0.3, 0.4) is 0 Å². The lowest BCUT2D eigenvalue weighted by Gasteiger charge is -2.31. The largest absolute Gasteiger partial charge is 0.443 e. The lowest BCUT2D eigenvalue weighted by Crippen LogP contribution is -2.49. The molecule has 1 N–H and O–H groups in total. The predicted molar refractivity (Wildman–Crippen MR) is 60.3 cm³/mol. The molecule has 6 nitrogen and oxygen atoms in total. The fourth-order valence-electron chi connectivity index (χ4n) is 1.74. The number of rotatable bonds is 2. The molecule has 1 saturated heterocycles. The van der Waals surface area contributed by atoms with Crippen molar-refractivity contribution in [1.29, 1.82) is 0 Å². The van der Waals surface area contributed by atoms with E-state index in [1.165, 1.54) is 6.07 Å². The molecule has 9 heteroatoms. The van der Waals surface area contributed by atoms with Crippen LogP contribution in [0.5, 0.6) is 0 Å². The molecule has 102 valence electrons. The van der Waals surface area contributed by atoms with Crippen LogP contribution in [0.2, 0.25) is 5.02 Å². The van der Waals surface area contributed by atoms with Crippen molar-refractivity contribution in [3.05, 3.63) is 38.9 Å². The van der Waals surface area contributed by atoms with Gasteiger partial charge in [-0.05, 0) is 12.1 Å². The van der Waals surface area contributed by atoms with Crippen molar-refractivity contribution in [2.24, 2.45) is 0 Å². The van der Waals surface area contributed by atoms with Gasteiger partial charge in [0, 0.05) is 11.1 Å². The highest BCUT2D eigenvalue weighted by Crippen LogP contribution is 2.39. The maximum atomic E-state index is 13.7. The minimum absolute atomic E-state index is 0.0529. The van der Waals surface area contributed by atoms with Gasteiger partial charge in [-0.1, -0.05) is 11.6 Å². The summed E-state index contributed by atoms with van der Waals surface area (Å²) in [4.78, 5) is 21.1. The first kappa shape index (κ1) is 13.5. The van der Waals surface area contributed by atoms with E-state index >= 15 is 0 Å². The zero-order valence-electron chi connectivity index (χ0n) is 9.23. The number of nitrogens with one attached hydrogen (secondary N) is 1. The number of nitrogens with zero attached hydrogens (tertiary/aromatic N) is 1.